The van der Waals surface area contributed by atoms with Gasteiger partial charge in [0.05, 0.1) is 10.0 Å². The molecule has 8 heteroatoms. The van der Waals surface area contributed by atoms with Crippen LogP contribution >= 0.6 is 49.8 Å². The monoisotopic (exact) mass is 428 g/mol. The van der Waals surface area contributed by atoms with Gasteiger partial charge in [-0.25, -0.2) is 8.42 Å². The van der Waals surface area contributed by atoms with Gasteiger partial charge in [0.15, 0.2) is 0 Å². The van der Waals surface area contributed by atoms with Crippen molar-refractivity contribution in [1.82, 2.24) is 0 Å². The molecule has 2 aromatic rings. The molecule has 0 radical (unpaired) electrons. The molecule has 21 heavy (non-hydrogen) atoms. The van der Waals surface area contributed by atoms with Crippen LogP contribution in [0.3, 0.4) is 0 Å². The van der Waals surface area contributed by atoms with Gasteiger partial charge >= 0.3 is 0 Å². The lowest BCUT2D eigenvalue weighted by atomic mass is 10.2. The van der Waals surface area contributed by atoms with Crippen LogP contribution in [-0.2, 0) is 15.7 Å². The molecule has 0 aliphatic heterocycles. The van der Waals surface area contributed by atoms with E-state index in [1.165, 1.54) is 12.1 Å². The third-order valence-corrected chi connectivity index (χ3v) is 5.12. The summed E-state index contributed by atoms with van der Waals surface area (Å²) in [4.78, 5) is -0.0985. The van der Waals surface area contributed by atoms with E-state index in [9.17, 15) is 8.42 Å². The molecule has 3 nitrogen and oxygen atoms in total. The van der Waals surface area contributed by atoms with E-state index in [2.05, 4.69) is 15.9 Å². The van der Waals surface area contributed by atoms with E-state index in [-0.39, 0.29) is 17.3 Å². The van der Waals surface area contributed by atoms with Gasteiger partial charge in [0.25, 0.3) is 9.05 Å². The SMILES string of the molecule is O=S(=O)(Cl)c1cc(Br)ccc1OCc1ccc(Cl)c(Cl)c1. The molecule has 0 saturated carbocycles. The highest BCUT2D eigenvalue weighted by Gasteiger charge is 2.17. The van der Waals surface area contributed by atoms with Gasteiger partial charge in [-0.3, -0.25) is 0 Å². The molecule has 0 aliphatic carbocycles. The van der Waals surface area contributed by atoms with E-state index in [0.717, 1.165) is 5.56 Å². The van der Waals surface area contributed by atoms with Crippen molar-refractivity contribution in [3.8, 4) is 5.75 Å². The Morgan fingerprint density at radius 3 is 2.38 bits per heavy atom. The average Bonchev–Trinajstić information content (AvgIpc) is 2.40. The molecule has 0 aromatic heterocycles. The van der Waals surface area contributed by atoms with Gasteiger partial charge in [-0.05, 0) is 35.9 Å². The van der Waals surface area contributed by atoms with Gasteiger partial charge in [0, 0.05) is 15.2 Å². The highest BCUT2D eigenvalue weighted by molar-refractivity contribution is 9.10. The largest absolute Gasteiger partial charge is 0.487 e. The molecular formula is C13H8BrCl3O3S. The minimum Gasteiger partial charge on any atom is -0.487 e. The fourth-order valence-electron chi connectivity index (χ4n) is 1.58. The molecule has 0 saturated heterocycles. The Morgan fingerprint density at radius 1 is 1.05 bits per heavy atom. The van der Waals surface area contributed by atoms with Crippen molar-refractivity contribution in [2.45, 2.75) is 11.5 Å². The van der Waals surface area contributed by atoms with Crippen LogP contribution in [0.4, 0.5) is 0 Å². The predicted molar refractivity (Wildman–Crippen MR) is 88.0 cm³/mol. The Hall–Kier alpha value is -0.460. The Bertz CT molecular complexity index is 778. The summed E-state index contributed by atoms with van der Waals surface area (Å²) >= 11 is 14.9. The summed E-state index contributed by atoms with van der Waals surface area (Å²) in [6.07, 6.45) is 0. The number of hydrogen-bond donors (Lipinski definition) is 0. The normalized spacial score (nSPS) is 11.4. The first-order valence-corrected chi connectivity index (χ1v) is 9.44. The molecular weight excluding hydrogens is 422 g/mol. The molecule has 0 heterocycles. The minimum absolute atomic E-state index is 0.0985. The van der Waals surface area contributed by atoms with Crippen LogP contribution in [0.25, 0.3) is 0 Å². The number of hydrogen-bond acceptors (Lipinski definition) is 3. The number of benzene rings is 2. The van der Waals surface area contributed by atoms with Gasteiger partial charge in [0.1, 0.15) is 17.3 Å². The molecule has 0 amide bonds. The third-order valence-electron chi connectivity index (χ3n) is 2.55. The Kier molecular flexibility index (Phi) is 5.43. The lowest BCUT2D eigenvalue weighted by Crippen LogP contribution is -2.01. The highest BCUT2D eigenvalue weighted by Crippen LogP contribution is 2.31. The van der Waals surface area contributed by atoms with Gasteiger partial charge in [-0.1, -0.05) is 45.2 Å². The van der Waals surface area contributed by atoms with Crippen molar-refractivity contribution >= 4 is 58.9 Å². The predicted octanol–water partition coefficient (Wildman–Crippen LogP) is 5.26. The highest BCUT2D eigenvalue weighted by atomic mass is 79.9. The first-order chi connectivity index (χ1) is 9.77. The van der Waals surface area contributed by atoms with Crippen molar-refractivity contribution in [1.29, 1.82) is 0 Å². The van der Waals surface area contributed by atoms with Gasteiger partial charge in [-0.2, -0.15) is 0 Å². The summed E-state index contributed by atoms with van der Waals surface area (Å²) in [6, 6.07) is 9.60. The summed E-state index contributed by atoms with van der Waals surface area (Å²) in [5.74, 6) is 0.166. The van der Waals surface area contributed by atoms with Crippen LogP contribution in [0, 0.1) is 0 Å². The summed E-state index contributed by atoms with van der Waals surface area (Å²) in [7, 11) is 1.49. The fourth-order valence-corrected chi connectivity index (χ4v) is 3.41. The van der Waals surface area contributed by atoms with Gasteiger partial charge in [-0.15, -0.1) is 0 Å². The van der Waals surface area contributed by atoms with Crippen LogP contribution in [0.2, 0.25) is 10.0 Å². The van der Waals surface area contributed by atoms with E-state index in [0.29, 0.717) is 14.5 Å². The van der Waals surface area contributed by atoms with Crippen LogP contribution in [0.5, 0.6) is 5.75 Å². The molecule has 0 unspecified atom stereocenters. The van der Waals surface area contributed by atoms with Crippen molar-refractivity contribution in [3.63, 3.8) is 0 Å². The first kappa shape index (κ1) is 16.9. The number of halogens is 4. The third kappa shape index (κ3) is 4.50. The average molecular weight is 431 g/mol. The molecule has 2 rings (SSSR count). The standard InChI is InChI=1S/C13H8BrCl3O3S/c14-9-2-4-12(13(6-9)21(17,18)19)20-7-8-1-3-10(15)11(16)5-8/h1-6H,7H2. The molecule has 2 aromatic carbocycles. The molecule has 0 aliphatic rings. The van der Waals surface area contributed by atoms with E-state index in [1.807, 2.05) is 0 Å². The van der Waals surface area contributed by atoms with Crippen molar-refractivity contribution in [2.75, 3.05) is 0 Å². The molecule has 0 spiro atoms. The van der Waals surface area contributed by atoms with Crippen LogP contribution in [-0.4, -0.2) is 8.42 Å². The second kappa shape index (κ2) is 6.75. The van der Waals surface area contributed by atoms with E-state index >= 15 is 0 Å². The fraction of sp³-hybridized carbons (Fsp3) is 0.0769. The topological polar surface area (TPSA) is 43.4 Å². The Labute approximate surface area is 145 Å². The van der Waals surface area contributed by atoms with Crippen molar-refractivity contribution in [3.05, 3.63) is 56.5 Å². The number of rotatable bonds is 4. The van der Waals surface area contributed by atoms with Gasteiger partial charge in [0.2, 0.25) is 0 Å². The summed E-state index contributed by atoms with van der Waals surface area (Å²) in [5, 5.41) is 0.840. The molecule has 0 fully saturated rings. The van der Waals surface area contributed by atoms with Crippen molar-refractivity contribution < 1.29 is 13.2 Å². The van der Waals surface area contributed by atoms with Crippen LogP contribution in [0.1, 0.15) is 5.56 Å². The summed E-state index contributed by atoms with van der Waals surface area (Å²) < 4.78 is 29.2. The maximum Gasteiger partial charge on any atom is 0.265 e. The summed E-state index contributed by atoms with van der Waals surface area (Å²) in [5.41, 5.74) is 0.755. The second-order valence-electron chi connectivity index (χ2n) is 4.07. The lowest BCUT2D eigenvalue weighted by molar-refractivity contribution is 0.298. The smallest absolute Gasteiger partial charge is 0.265 e. The van der Waals surface area contributed by atoms with E-state index < -0.39 is 9.05 Å². The first-order valence-electron chi connectivity index (χ1n) is 5.58. The zero-order valence-electron chi connectivity index (χ0n) is 10.3. The maximum absolute atomic E-state index is 11.5. The zero-order chi connectivity index (χ0) is 15.6. The quantitative estimate of drug-likeness (QED) is 0.621. The molecule has 0 atom stereocenters. The van der Waals surface area contributed by atoms with Crippen LogP contribution < -0.4 is 4.74 Å². The maximum atomic E-state index is 11.5. The Balaban J connectivity index is 2.26. The molecule has 0 bridgehead atoms. The zero-order valence-corrected chi connectivity index (χ0v) is 15.0. The van der Waals surface area contributed by atoms with E-state index in [4.69, 9.17) is 38.6 Å². The molecule has 0 N–H and O–H groups in total. The molecule has 112 valence electrons. The van der Waals surface area contributed by atoms with Crippen molar-refractivity contribution in [2.24, 2.45) is 0 Å². The Morgan fingerprint density at radius 2 is 1.76 bits per heavy atom. The minimum atomic E-state index is -3.91. The van der Waals surface area contributed by atoms with E-state index in [1.54, 1.807) is 24.3 Å². The van der Waals surface area contributed by atoms with Gasteiger partial charge < -0.3 is 4.74 Å². The lowest BCUT2D eigenvalue weighted by Gasteiger charge is -2.10. The number of ether oxygens (including phenoxy) is 1. The second-order valence-corrected chi connectivity index (χ2v) is 8.33. The summed E-state index contributed by atoms with van der Waals surface area (Å²) in [6.45, 7) is 0.137. The van der Waals surface area contributed by atoms with Crippen LogP contribution in [0.15, 0.2) is 45.8 Å².